The minimum absolute atomic E-state index is 0. The Balaban J connectivity index is 0.00000338. The topological polar surface area (TPSA) is 49.8 Å². The second kappa shape index (κ2) is 11.4. The van der Waals surface area contributed by atoms with Gasteiger partial charge in [-0.15, -0.1) is 35.3 Å². The van der Waals surface area contributed by atoms with Crippen LogP contribution in [-0.2, 0) is 19.4 Å². The number of benzene rings is 1. The van der Waals surface area contributed by atoms with Gasteiger partial charge in [0.25, 0.3) is 0 Å². The monoisotopic (exact) mass is 488 g/mol. The van der Waals surface area contributed by atoms with Crippen LogP contribution in [0.15, 0.2) is 29.3 Å². The minimum Gasteiger partial charge on any atom is -0.497 e. The lowest BCUT2D eigenvalue weighted by atomic mass is 10.2. The summed E-state index contributed by atoms with van der Waals surface area (Å²) in [6, 6.07) is 8.12. The Bertz CT molecular complexity index is 700. The molecule has 2 rings (SSSR count). The molecule has 7 heteroatoms. The summed E-state index contributed by atoms with van der Waals surface area (Å²) in [6.07, 6.45) is 1.92. The van der Waals surface area contributed by atoms with E-state index >= 15 is 0 Å². The van der Waals surface area contributed by atoms with E-state index in [2.05, 4.69) is 41.2 Å². The van der Waals surface area contributed by atoms with Crippen molar-refractivity contribution in [2.75, 3.05) is 27.7 Å². The fourth-order valence-corrected chi connectivity index (χ4v) is 3.69. The van der Waals surface area contributed by atoms with E-state index in [1.807, 2.05) is 26.2 Å². The van der Waals surface area contributed by atoms with E-state index < -0.39 is 0 Å². The van der Waals surface area contributed by atoms with E-state index in [9.17, 15) is 0 Å². The number of halogens is 1. The van der Waals surface area contributed by atoms with Crippen molar-refractivity contribution in [2.45, 2.75) is 33.2 Å². The Kier molecular flexibility index (Phi) is 9.93. The number of methoxy groups -OCH3 is 1. The van der Waals surface area contributed by atoms with Crippen LogP contribution in [-0.4, -0.2) is 43.6 Å². The van der Waals surface area contributed by atoms with Crippen molar-refractivity contribution in [3.05, 3.63) is 45.4 Å². The number of hydrogen-bond donors (Lipinski definition) is 1. The number of thiazole rings is 1. The molecule has 144 valence electrons. The van der Waals surface area contributed by atoms with Crippen molar-refractivity contribution < 1.29 is 4.74 Å². The molecule has 1 aromatic carbocycles. The molecule has 0 spiro atoms. The van der Waals surface area contributed by atoms with E-state index in [1.54, 1.807) is 18.4 Å². The van der Waals surface area contributed by atoms with Crippen LogP contribution in [0.25, 0.3) is 0 Å². The predicted octanol–water partition coefficient (Wildman–Crippen LogP) is 3.89. The normalized spacial score (nSPS) is 11.0. The van der Waals surface area contributed by atoms with E-state index in [1.165, 1.54) is 21.1 Å². The molecule has 26 heavy (non-hydrogen) atoms. The maximum atomic E-state index is 5.20. The van der Waals surface area contributed by atoms with Crippen molar-refractivity contribution in [3.63, 3.8) is 0 Å². The average Bonchev–Trinajstić information content (AvgIpc) is 2.99. The molecule has 1 N–H and O–H groups in total. The smallest absolute Gasteiger partial charge is 0.193 e. The van der Waals surface area contributed by atoms with Crippen molar-refractivity contribution >= 4 is 41.3 Å². The summed E-state index contributed by atoms with van der Waals surface area (Å²) in [4.78, 5) is 12.5. The Morgan fingerprint density at radius 1 is 1.31 bits per heavy atom. The number of aromatic nitrogens is 1. The van der Waals surface area contributed by atoms with Crippen LogP contribution in [0, 0.1) is 6.92 Å². The molecule has 0 bridgehead atoms. The molecule has 0 unspecified atom stereocenters. The zero-order valence-corrected chi connectivity index (χ0v) is 19.4. The van der Waals surface area contributed by atoms with Gasteiger partial charge >= 0.3 is 0 Å². The summed E-state index contributed by atoms with van der Waals surface area (Å²) in [5.74, 6) is 1.76. The third kappa shape index (κ3) is 6.42. The third-order valence-corrected chi connectivity index (χ3v) is 5.12. The maximum absolute atomic E-state index is 5.20. The maximum Gasteiger partial charge on any atom is 0.193 e. The first-order valence-electron chi connectivity index (χ1n) is 8.57. The van der Waals surface area contributed by atoms with Crippen molar-refractivity contribution in [1.29, 1.82) is 0 Å². The van der Waals surface area contributed by atoms with E-state index in [0.717, 1.165) is 37.6 Å². The van der Waals surface area contributed by atoms with Crippen LogP contribution in [0.4, 0.5) is 0 Å². The summed E-state index contributed by atoms with van der Waals surface area (Å²) in [6.45, 7) is 5.92. The van der Waals surface area contributed by atoms with Gasteiger partial charge < -0.3 is 15.0 Å². The van der Waals surface area contributed by atoms with Gasteiger partial charge in [-0.1, -0.05) is 19.1 Å². The Morgan fingerprint density at radius 2 is 2.00 bits per heavy atom. The molecule has 0 aliphatic rings. The Labute approximate surface area is 177 Å². The minimum atomic E-state index is 0. The SMILES string of the molecule is CCc1nc(CCNC(=NC)N(C)Cc2ccc(OC)cc2)sc1C.I. The number of aliphatic imine (C=N–C) groups is 1. The van der Waals surface area contributed by atoms with Crippen LogP contribution in [0.3, 0.4) is 0 Å². The summed E-state index contributed by atoms with van der Waals surface area (Å²) in [5.41, 5.74) is 2.44. The largest absolute Gasteiger partial charge is 0.497 e. The summed E-state index contributed by atoms with van der Waals surface area (Å²) >= 11 is 1.80. The van der Waals surface area contributed by atoms with Crippen molar-refractivity contribution in [2.24, 2.45) is 4.99 Å². The molecule has 1 aromatic heterocycles. The number of rotatable bonds is 7. The van der Waals surface area contributed by atoms with Crippen LogP contribution in [0.5, 0.6) is 5.75 Å². The van der Waals surface area contributed by atoms with E-state index in [-0.39, 0.29) is 24.0 Å². The molecular weight excluding hydrogens is 459 g/mol. The second-order valence-corrected chi connectivity index (χ2v) is 7.18. The van der Waals surface area contributed by atoms with Crippen LogP contribution >= 0.6 is 35.3 Å². The molecule has 0 saturated carbocycles. The summed E-state index contributed by atoms with van der Waals surface area (Å²) < 4.78 is 5.20. The van der Waals surface area contributed by atoms with Gasteiger partial charge in [0.15, 0.2) is 5.96 Å². The van der Waals surface area contributed by atoms with Gasteiger partial charge in [-0.2, -0.15) is 0 Å². The Hall–Kier alpha value is -1.35. The zero-order chi connectivity index (χ0) is 18.2. The molecule has 0 saturated heterocycles. The van der Waals surface area contributed by atoms with Crippen molar-refractivity contribution in [3.8, 4) is 5.75 Å². The van der Waals surface area contributed by atoms with Gasteiger partial charge in [0, 0.05) is 38.5 Å². The molecule has 0 fully saturated rings. The molecule has 2 aromatic rings. The van der Waals surface area contributed by atoms with Crippen LogP contribution in [0.1, 0.15) is 28.1 Å². The fourth-order valence-electron chi connectivity index (χ4n) is 2.67. The van der Waals surface area contributed by atoms with Crippen LogP contribution in [0.2, 0.25) is 0 Å². The quantitative estimate of drug-likeness (QED) is 0.365. The fraction of sp³-hybridized carbons (Fsp3) is 0.474. The number of hydrogen-bond acceptors (Lipinski definition) is 4. The standard InChI is InChI=1S/C19H28N4OS.HI/c1-6-17-14(2)25-18(22-17)11-12-21-19(20-3)23(4)13-15-7-9-16(24-5)10-8-15;/h7-10H,6,11-13H2,1-5H3,(H,20,21);1H. The van der Waals surface area contributed by atoms with E-state index in [4.69, 9.17) is 9.72 Å². The highest BCUT2D eigenvalue weighted by Crippen LogP contribution is 2.18. The van der Waals surface area contributed by atoms with Gasteiger partial charge in [0.1, 0.15) is 5.75 Å². The van der Waals surface area contributed by atoms with Crippen LogP contribution < -0.4 is 10.1 Å². The molecule has 0 aliphatic carbocycles. The third-order valence-electron chi connectivity index (χ3n) is 4.05. The first-order valence-corrected chi connectivity index (χ1v) is 9.38. The second-order valence-electron chi connectivity index (χ2n) is 5.89. The highest BCUT2D eigenvalue weighted by atomic mass is 127. The number of guanidine groups is 1. The van der Waals surface area contributed by atoms with Gasteiger partial charge in [0.05, 0.1) is 17.8 Å². The number of ether oxygens (including phenoxy) is 1. The highest BCUT2D eigenvalue weighted by Gasteiger charge is 2.09. The molecule has 0 amide bonds. The number of nitrogens with one attached hydrogen (secondary N) is 1. The Morgan fingerprint density at radius 3 is 2.54 bits per heavy atom. The number of aryl methyl sites for hydroxylation is 2. The first-order chi connectivity index (χ1) is 12.1. The lowest BCUT2D eigenvalue weighted by Gasteiger charge is -2.22. The lowest BCUT2D eigenvalue weighted by Crippen LogP contribution is -2.39. The molecular formula is C19H29IN4OS. The van der Waals surface area contributed by atoms with Gasteiger partial charge in [0.2, 0.25) is 0 Å². The number of nitrogens with zero attached hydrogens (tertiary/aromatic N) is 3. The lowest BCUT2D eigenvalue weighted by molar-refractivity contribution is 0.414. The average molecular weight is 488 g/mol. The van der Waals surface area contributed by atoms with Gasteiger partial charge in [-0.25, -0.2) is 4.98 Å². The summed E-state index contributed by atoms with van der Waals surface area (Å²) in [5, 5.41) is 4.62. The molecule has 0 atom stereocenters. The van der Waals surface area contributed by atoms with E-state index in [0.29, 0.717) is 0 Å². The molecule has 0 radical (unpaired) electrons. The van der Waals surface area contributed by atoms with Gasteiger partial charge in [-0.05, 0) is 31.0 Å². The summed E-state index contributed by atoms with van der Waals surface area (Å²) in [7, 11) is 5.54. The van der Waals surface area contributed by atoms with Gasteiger partial charge in [-0.3, -0.25) is 4.99 Å². The van der Waals surface area contributed by atoms with Crippen molar-refractivity contribution in [1.82, 2.24) is 15.2 Å². The molecule has 0 aliphatic heterocycles. The zero-order valence-electron chi connectivity index (χ0n) is 16.2. The highest BCUT2D eigenvalue weighted by molar-refractivity contribution is 14.0. The predicted molar refractivity (Wildman–Crippen MR) is 121 cm³/mol. The first kappa shape index (κ1) is 22.7. The molecule has 5 nitrogen and oxygen atoms in total. The molecule has 1 heterocycles.